The molecule has 1 fully saturated rings. The Morgan fingerprint density at radius 2 is 1.95 bits per heavy atom. The predicted molar refractivity (Wildman–Crippen MR) is 81.1 cm³/mol. The molecule has 1 N–H and O–H groups in total. The van der Waals surface area contributed by atoms with Gasteiger partial charge in [0.15, 0.2) is 11.4 Å². The summed E-state index contributed by atoms with van der Waals surface area (Å²) in [5, 5.41) is 15.3. The van der Waals surface area contributed by atoms with Crippen molar-refractivity contribution in [3.63, 3.8) is 0 Å². The lowest BCUT2D eigenvalue weighted by Crippen LogP contribution is -2.26. The number of nitrogens with zero attached hydrogens (tertiary/aromatic N) is 2. The summed E-state index contributed by atoms with van der Waals surface area (Å²) in [7, 11) is 0. The molecule has 5 heteroatoms. The zero-order chi connectivity index (χ0) is 14.3. The van der Waals surface area contributed by atoms with Crippen LogP contribution in [-0.4, -0.2) is 21.0 Å². The van der Waals surface area contributed by atoms with Crippen molar-refractivity contribution in [3.05, 3.63) is 47.1 Å². The zero-order valence-electron chi connectivity index (χ0n) is 11.8. The first-order chi connectivity index (χ1) is 10.2. The van der Waals surface area contributed by atoms with E-state index in [1.807, 2.05) is 23.9 Å². The van der Waals surface area contributed by atoms with Crippen LogP contribution in [0.3, 0.4) is 0 Å². The second-order valence-corrected chi connectivity index (χ2v) is 7.28. The molecule has 0 radical (unpaired) electrons. The van der Waals surface area contributed by atoms with Gasteiger partial charge in [0.25, 0.3) is 5.89 Å². The lowest BCUT2D eigenvalue weighted by molar-refractivity contribution is 0.0145. The van der Waals surface area contributed by atoms with Gasteiger partial charge in [-0.15, -0.1) is 0 Å². The fourth-order valence-corrected chi connectivity index (χ4v) is 4.48. The Labute approximate surface area is 127 Å². The maximum Gasteiger partial charge on any atom is 0.259 e. The third kappa shape index (κ3) is 2.38. The summed E-state index contributed by atoms with van der Waals surface area (Å²) in [5.74, 6) is 2.28. The largest absolute Gasteiger partial charge is 0.379 e. The maximum absolute atomic E-state index is 10.9. The van der Waals surface area contributed by atoms with Crippen LogP contribution in [0.15, 0.2) is 28.8 Å². The minimum absolute atomic E-state index is 0.323. The molecule has 1 aliphatic carbocycles. The van der Waals surface area contributed by atoms with Crippen molar-refractivity contribution in [1.29, 1.82) is 0 Å². The van der Waals surface area contributed by atoms with E-state index in [9.17, 15) is 5.11 Å². The van der Waals surface area contributed by atoms with Crippen LogP contribution >= 0.6 is 11.8 Å². The topological polar surface area (TPSA) is 59.2 Å². The van der Waals surface area contributed by atoms with Crippen LogP contribution in [0.2, 0.25) is 0 Å². The molecular formula is C16H18N2O2S. The Hall–Kier alpha value is -1.33. The van der Waals surface area contributed by atoms with E-state index in [0.717, 1.165) is 18.0 Å². The predicted octanol–water partition coefficient (Wildman–Crippen LogP) is 3.01. The Morgan fingerprint density at radius 3 is 2.62 bits per heavy atom. The van der Waals surface area contributed by atoms with E-state index in [4.69, 9.17) is 4.52 Å². The Kier molecular flexibility index (Phi) is 3.27. The number of benzene rings is 1. The van der Waals surface area contributed by atoms with Gasteiger partial charge in [-0.25, -0.2) is 0 Å². The van der Waals surface area contributed by atoms with E-state index in [2.05, 4.69) is 22.3 Å². The smallest absolute Gasteiger partial charge is 0.259 e. The van der Waals surface area contributed by atoms with Crippen molar-refractivity contribution in [2.75, 3.05) is 5.75 Å². The second kappa shape index (κ2) is 5.14. The van der Waals surface area contributed by atoms with Crippen LogP contribution in [0.25, 0.3) is 0 Å². The molecule has 4 rings (SSSR count). The second-order valence-electron chi connectivity index (χ2n) is 5.97. The molecule has 2 aliphatic rings. The van der Waals surface area contributed by atoms with Gasteiger partial charge in [-0.3, -0.25) is 0 Å². The van der Waals surface area contributed by atoms with Crippen LogP contribution in [0.4, 0.5) is 0 Å². The number of hydrogen-bond acceptors (Lipinski definition) is 5. The van der Waals surface area contributed by atoms with Crippen LogP contribution in [-0.2, 0) is 18.4 Å². The number of fused-ring (bicyclic) bond motifs is 1. The zero-order valence-corrected chi connectivity index (χ0v) is 12.6. The van der Waals surface area contributed by atoms with Crippen molar-refractivity contribution in [3.8, 4) is 0 Å². The Bertz CT molecular complexity index is 624. The summed E-state index contributed by atoms with van der Waals surface area (Å²) in [4.78, 5) is 4.52. The molecule has 1 aromatic heterocycles. The first kappa shape index (κ1) is 13.3. The summed E-state index contributed by atoms with van der Waals surface area (Å²) < 4.78 is 5.41. The van der Waals surface area contributed by atoms with Gasteiger partial charge < -0.3 is 9.63 Å². The molecule has 0 saturated carbocycles. The molecular weight excluding hydrogens is 284 g/mol. The number of aromatic nitrogens is 2. The van der Waals surface area contributed by atoms with Gasteiger partial charge >= 0.3 is 0 Å². The quantitative estimate of drug-likeness (QED) is 0.924. The maximum atomic E-state index is 10.9. The molecule has 0 amide bonds. The van der Waals surface area contributed by atoms with E-state index in [-0.39, 0.29) is 0 Å². The average molecular weight is 302 g/mol. The molecule has 1 saturated heterocycles. The monoisotopic (exact) mass is 302 g/mol. The molecule has 0 spiro atoms. The van der Waals surface area contributed by atoms with Crippen LogP contribution in [0.5, 0.6) is 0 Å². The van der Waals surface area contributed by atoms with Gasteiger partial charge in [-0.2, -0.15) is 16.7 Å². The average Bonchev–Trinajstić information content (AvgIpc) is 3.12. The van der Waals surface area contributed by atoms with Gasteiger partial charge in [0.1, 0.15) is 0 Å². The number of thioether (sulfide) groups is 1. The molecule has 21 heavy (non-hydrogen) atoms. The summed E-state index contributed by atoms with van der Waals surface area (Å²) >= 11 is 1.89. The van der Waals surface area contributed by atoms with Crippen LogP contribution in [0.1, 0.15) is 47.4 Å². The minimum atomic E-state index is -1.03. The number of rotatable bonds is 2. The normalized spacial score (nSPS) is 24.0. The van der Waals surface area contributed by atoms with Gasteiger partial charge in [-0.05, 0) is 29.7 Å². The molecule has 2 aromatic rings. The Balaban J connectivity index is 1.58. The highest BCUT2D eigenvalue weighted by Gasteiger charge is 2.42. The standard InChI is InChI=1S/C16H18N2O2S/c19-16(9-11-5-1-2-6-12(11)10-16)15-17-14(18-20-15)13-7-3-4-8-21-13/h1-2,5-6,13,19H,3-4,7-10H2. The van der Waals surface area contributed by atoms with Crippen LogP contribution in [0, 0.1) is 0 Å². The van der Waals surface area contributed by atoms with E-state index in [1.54, 1.807) is 0 Å². The van der Waals surface area contributed by atoms with Gasteiger partial charge in [0.05, 0.1) is 5.25 Å². The molecule has 0 bridgehead atoms. The van der Waals surface area contributed by atoms with Crippen molar-refractivity contribution in [2.45, 2.75) is 43.0 Å². The molecule has 4 nitrogen and oxygen atoms in total. The Morgan fingerprint density at radius 1 is 1.19 bits per heavy atom. The highest BCUT2D eigenvalue weighted by atomic mass is 32.2. The van der Waals surface area contributed by atoms with Crippen molar-refractivity contribution in [1.82, 2.24) is 10.1 Å². The summed E-state index contributed by atoms with van der Waals surface area (Å²) in [6.07, 6.45) is 4.70. The fourth-order valence-electron chi connectivity index (χ4n) is 3.25. The summed E-state index contributed by atoms with van der Waals surface area (Å²) in [6.45, 7) is 0. The third-order valence-electron chi connectivity index (χ3n) is 4.39. The van der Waals surface area contributed by atoms with Crippen molar-refractivity contribution in [2.24, 2.45) is 0 Å². The van der Waals surface area contributed by atoms with Gasteiger partial charge in [0.2, 0.25) is 0 Å². The third-order valence-corrected chi connectivity index (χ3v) is 5.76. The number of hydrogen-bond donors (Lipinski definition) is 1. The van der Waals surface area contributed by atoms with E-state index < -0.39 is 5.60 Å². The molecule has 2 heterocycles. The fraction of sp³-hybridized carbons (Fsp3) is 0.500. The highest BCUT2D eigenvalue weighted by molar-refractivity contribution is 7.99. The van der Waals surface area contributed by atoms with Crippen molar-refractivity contribution >= 4 is 11.8 Å². The van der Waals surface area contributed by atoms with Crippen molar-refractivity contribution < 1.29 is 9.63 Å². The van der Waals surface area contributed by atoms with Crippen LogP contribution < -0.4 is 0 Å². The van der Waals surface area contributed by atoms with Gasteiger partial charge in [-0.1, -0.05) is 35.8 Å². The lowest BCUT2D eigenvalue weighted by Gasteiger charge is -2.18. The molecule has 110 valence electrons. The van der Waals surface area contributed by atoms with Gasteiger partial charge in [0, 0.05) is 12.8 Å². The molecule has 1 aliphatic heterocycles. The molecule has 1 unspecified atom stereocenters. The summed E-state index contributed by atoms with van der Waals surface area (Å²) in [6, 6.07) is 8.12. The highest BCUT2D eigenvalue weighted by Crippen LogP contribution is 2.40. The van der Waals surface area contributed by atoms with E-state index >= 15 is 0 Å². The first-order valence-electron chi connectivity index (χ1n) is 7.49. The SMILES string of the molecule is OC1(c2nc(C3CCCCS3)no2)Cc2ccccc2C1. The minimum Gasteiger partial charge on any atom is -0.379 e. The lowest BCUT2D eigenvalue weighted by atomic mass is 10.0. The molecule has 1 atom stereocenters. The summed E-state index contributed by atoms with van der Waals surface area (Å²) in [5.41, 5.74) is 1.31. The molecule has 1 aromatic carbocycles. The number of aliphatic hydroxyl groups is 1. The van der Waals surface area contributed by atoms with E-state index in [0.29, 0.717) is 24.0 Å². The first-order valence-corrected chi connectivity index (χ1v) is 8.54. The van der Waals surface area contributed by atoms with E-state index in [1.165, 1.54) is 24.0 Å².